The summed E-state index contributed by atoms with van der Waals surface area (Å²) in [6.45, 7) is 6.37. The van der Waals surface area contributed by atoms with Gasteiger partial charge in [-0.1, -0.05) is 45.0 Å². The molecule has 2 heterocycles. The molecule has 3 aromatic rings. The number of nitrogens with zero attached hydrogens (tertiary/aromatic N) is 3. The molecule has 0 amide bonds. The van der Waals surface area contributed by atoms with Gasteiger partial charge in [0.15, 0.2) is 21.3 Å². The molecule has 0 unspecified atom stereocenters. The number of carbonyl (C=O) groups excluding carboxylic acids is 1. The van der Waals surface area contributed by atoms with Crippen LogP contribution in [0.2, 0.25) is 0 Å². The van der Waals surface area contributed by atoms with E-state index in [1.54, 1.807) is 18.3 Å². The molecule has 0 aliphatic carbocycles. The van der Waals surface area contributed by atoms with Gasteiger partial charge in [0.25, 0.3) is 0 Å². The number of Topliss-reactive ketones (excluding diaryl/α,β-unsaturated/α-hetero) is 1. The smallest absolute Gasteiger partial charge is 0.218 e. The minimum atomic E-state index is -3.14. The summed E-state index contributed by atoms with van der Waals surface area (Å²) in [4.78, 5) is 17.2. The summed E-state index contributed by atoms with van der Waals surface area (Å²) in [5.41, 5.74) is 2.88. The molecule has 0 radical (unpaired) electrons. The first kappa shape index (κ1) is 21.0. The molecule has 0 bridgehead atoms. The van der Waals surface area contributed by atoms with Crippen molar-refractivity contribution in [2.45, 2.75) is 32.6 Å². The minimum Gasteiger partial charge on any atom is -0.476 e. The Morgan fingerprint density at radius 2 is 1.83 bits per heavy atom. The van der Waals surface area contributed by atoms with Crippen molar-refractivity contribution in [3.8, 4) is 5.88 Å². The summed E-state index contributed by atoms with van der Waals surface area (Å²) in [5.74, 6) is 0.199. The SMILES string of the molecule is CC(C)(C)c1ccc(C(=O)Cc2cc(OCCS(C)(=O)=O)n3nccc3n2)cc1. The molecule has 2 aromatic heterocycles. The molecule has 1 aromatic carbocycles. The highest BCUT2D eigenvalue weighted by Gasteiger charge is 2.16. The van der Waals surface area contributed by atoms with Crippen molar-refractivity contribution in [1.29, 1.82) is 0 Å². The van der Waals surface area contributed by atoms with E-state index in [2.05, 4.69) is 30.9 Å². The zero-order valence-electron chi connectivity index (χ0n) is 17.0. The Hall–Kier alpha value is -2.74. The molecule has 0 aliphatic heterocycles. The van der Waals surface area contributed by atoms with Crippen molar-refractivity contribution in [2.24, 2.45) is 0 Å². The van der Waals surface area contributed by atoms with Gasteiger partial charge in [0.05, 0.1) is 24.1 Å². The van der Waals surface area contributed by atoms with Crippen molar-refractivity contribution in [2.75, 3.05) is 18.6 Å². The number of ketones is 1. The van der Waals surface area contributed by atoms with E-state index in [0.29, 0.717) is 22.8 Å². The van der Waals surface area contributed by atoms with Crippen LogP contribution in [-0.4, -0.2) is 47.4 Å². The van der Waals surface area contributed by atoms with E-state index >= 15 is 0 Å². The largest absolute Gasteiger partial charge is 0.476 e. The lowest BCUT2D eigenvalue weighted by Crippen LogP contribution is -2.15. The minimum absolute atomic E-state index is 0.000537. The molecular weight excluding hydrogens is 390 g/mol. The fraction of sp³-hybridized carbons (Fsp3) is 0.381. The predicted molar refractivity (Wildman–Crippen MR) is 111 cm³/mol. The van der Waals surface area contributed by atoms with E-state index in [1.807, 2.05) is 24.3 Å². The van der Waals surface area contributed by atoms with Gasteiger partial charge >= 0.3 is 0 Å². The van der Waals surface area contributed by atoms with Crippen LogP contribution in [0.25, 0.3) is 5.65 Å². The van der Waals surface area contributed by atoms with Crippen molar-refractivity contribution in [3.63, 3.8) is 0 Å². The molecule has 0 N–H and O–H groups in total. The van der Waals surface area contributed by atoms with Crippen molar-refractivity contribution in [1.82, 2.24) is 14.6 Å². The fourth-order valence-electron chi connectivity index (χ4n) is 2.85. The van der Waals surface area contributed by atoms with Crippen molar-refractivity contribution in [3.05, 3.63) is 59.4 Å². The normalized spacial score (nSPS) is 12.3. The Kier molecular flexibility index (Phi) is 5.75. The van der Waals surface area contributed by atoms with E-state index in [0.717, 1.165) is 11.8 Å². The average Bonchev–Trinajstić information content (AvgIpc) is 3.08. The van der Waals surface area contributed by atoms with Gasteiger partial charge < -0.3 is 4.74 Å². The zero-order chi connectivity index (χ0) is 21.2. The van der Waals surface area contributed by atoms with E-state index < -0.39 is 9.84 Å². The molecule has 0 saturated carbocycles. The highest BCUT2D eigenvalue weighted by Crippen LogP contribution is 2.23. The van der Waals surface area contributed by atoms with Crippen LogP contribution < -0.4 is 4.74 Å². The van der Waals surface area contributed by atoms with Gasteiger partial charge in [-0.25, -0.2) is 13.4 Å². The molecule has 3 rings (SSSR count). The van der Waals surface area contributed by atoms with Gasteiger partial charge in [-0.05, 0) is 11.0 Å². The fourth-order valence-corrected chi connectivity index (χ4v) is 3.23. The second kappa shape index (κ2) is 7.94. The maximum absolute atomic E-state index is 12.7. The van der Waals surface area contributed by atoms with Crippen molar-refractivity contribution < 1.29 is 17.9 Å². The van der Waals surface area contributed by atoms with E-state index in [9.17, 15) is 13.2 Å². The maximum Gasteiger partial charge on any atom is 0.218 e. The van der Waals surface area contributed by atoms with Crippen LogP contribution >= 0.6 is 0 Å². The molecule has 0 aliphatic rings. The Balaban J connectivity index is 1.79. The van der Waals surface area contributed by atoms with Crippen LogP contribution in [0.4, 0.5) is 0 Å². The van der Waals surface area contributed by atoms with E-state index in [4.69, 9.17) is 4.74 Å². The number of hydrogen-bond acceptors (Lipinski definition) is 6. The molecule has 29 heavy (non-hydrogen) atoms. The lowest BCUT2D eigenvalue weighted by Gasteiger charge is -2.19. The van der Waals surface area contributed by atoms with Gasteiger partial charge in [0.1, 0.15) is 6.61 Å². The summed E-state index contributed by atoms with van der Waals surface area (Å²) in [6, 6.07) is 11.0. The second-order valence-corrected chi connectivity index (χ2v) is 10.4. The zero-order valence-corrected chi connectivity index (χ0v) is 17.9. The number of hydrogen-bond donors (Lipinski definition) is 0. The van der Waals surface area contributed by atoms with Crippen LogP contribution in [0.1, 0.15) is 42.4 Å². The summed E-state index contributed by atoms with van der Waals surface area (Å²) >= 11 is 0. The van der Waals surface area contributed by atoms with Gasteiger partial charge in [0.2, 0.25) is 5.88 Å². The highest BCUT2D eigenvalue weighted by molar-refractivity contribution is 7.90. The van der Waals surface area contributed by atoms with Gasteiger partial charge in [-0.3, -0.25) is 4.79 Å². The summed E-state index contributed by atoms with van der Waals surface area (Å²) in [5, 5.41) is 4.14. The molecule has 8 heteroatoms. The van der Waals surface area contributed by atoms with E-state index in [-0.39, 0.29) is 30.0 Å². The van der Waals surface area contributed by atoms with Gasteiger partial charge in [-0.15, -0.1) is 0 Å². The van der Waals surface area contributed by atoms with Crippen LogP contribution in [0.5, 0.6) is 5.88 Å². The van der Waals surface area contributed by atoms with Crippen LogP contribution in [0, 0.1) is 0 Å². The number of benzene rings is 1. The summed E-state index contributed by atoms with van der Waals surface area (Å²) in [6.07, 6.45) is 2.84. The Bertz CT molecular complexity index is 1130. The van der Waals surface area contributed by atoms with E-state index in [1.165, 1.54) is 4.52 Å². The quantitative estimate of drug-likeness (QED) is 0.551. The number of rotatable bonds is 7. The van der Waals surface area contributed by atoms with Crippen molar-refractivity contribution >= 4 is 21.3 Å². The molecule has 7 nitrogen and oxygen atoms in total. The monoisotopic (exact) mass is 415 g/mol. The van der Waals surface area contributed by atoms with Crippen LogP contribution in [-0.2, 0) is 21.7 Å². The third-order valence-electron chi connectivity index (χ3n) is 4.50. The molecule has 0 spiro atoms. The molecule has 0 saturated heterocycles. The molecule has 0 atom stereocenters. The average molecular weight is 416 g/mol. The highest BCUT2D eigenvalue weighted by atomic mass is 32.2. The number of fused-ring (bicyclic) bond motifs is 1. The predicted octanol–water partition coefficient (Wildman–Crippen LogP) is 2.88. The Labute approximate surface area is 170 Å². The standard InChI is InChI=1S/C21H25N3O4S/c1-21(2,3)16-7-5-15(6-8-16)18(25)13-17-14-20(28-11-12-29(4,26)27)24-19(23-17)9-10-22-24/h5-10,14H,11-13H2,1-4H3. The molecule has 0 fully saturated rings. The number of ether oxygens (including phenoxy) is 1. The Morgan fingerprint density at radius 3 is 2.45 bits per heavy atom. The number of carbonyl (C=O) groups is 1. The third-order valence-corrected chi connectivity index (χ3v) is 5.41. The second-order valence-electron chi connectivity index (χ2n) is 8.09. The summed E-state index contributed by atoms with van der Waals surface area (Å²) < 4.78 is 29.7. The first-order valence-electron chi connectivity index (χ1n) is 9.31. The topological polar surface area (TPSA) is 90.6 Å². The molecule has 154 valence electrons. The lowest BCUT2D eigenvalue weighted by molar-refractivity contribution is 0.0992. The third kappa shape index (κ3) is 5.41. The summed E-state index contributed by atoms with van der Waals surface area (Å²) in [7, 11) is -3.14. The number of aromatic nitrogens is 3. The first-order chi connectivity index (χ1) is 13.5. The Morgan fingerprint density at radius 1 is 1.14 bits per heavy atom. The van der Waals surface area contributed by atoms with Crippen LogP contribution in [0.15, 0.2) is 42.6 Å². The van der Waals surface area contributed by atoms with Gasteiger partial charge in [-0.2, -0.15) is 9.61 Å². The van der Waals surface area contributed by atoms with Crippen LogP contribution in [0.3, 0.4) is 0 Å². The van der Waals surface area contributed by atoms with Gasteiger partial charge in [0, 0.05) is 24.0 Å². The maximum atomic E-state index is 12.7. The first-order valence-corrected chi connectivity index (χ1v) is 11.4. The number of sulfone groups is 1. The lowest BCUT2D eigenvalue weighted by atomic mass is 9.86. The molecular formula is C21H25N3O4S.